The van der Waals surface area contributed by atoms with E-state index in [2.05, 4.69) is 12.2 Å². The molecule has 0 rings (SSSR count). The van der Waals surface area contributed by atoms with E-state index in [1.54, 1.807) is 0 Å². The Kier molecular flexibility index (Phi) is 9.92. The second-order valence-corrected chi connectivity index (χ2v) is 4.42. The average molecular weight is 264 g/mol. The van der Waals surface area contributed by atoms with Crippen molar-refractivity contribution in [2.45, 2.75) is 57.9 Å². The zero-order valence-corrected chi connectivity index (χ0v) is 11.1. The van der Waals surface area contributed by atoms with Crippen LogP contribution in [0.3, 0.4) is 0 Å². The van der Waals surface area contributed by atoms with E-state index in [0.717, 1.165) is 19.3 Å². The second-order valence-electron chi connectivity index (χ2n) is 4.15. The van der Waals surface area contributed by atoms with Crippen LogP contribution in [0.5, 0.6) is 0 Å². The van der Waals surface area contributed by atoms with Gasteiger partial charge in [-0.15, -0.1) is 11.6 Å². The fourth-order valence-corrected chi connectivity index (χ4v) is 1.70. The van der Waals surface area contributed by atoms with Crippen molar-refractivity contribution in [1.82, 2.24) is 5.32 Å². The number of halogens is 1. The number of carboxylic acid groups (broad SMARTS) is 1. The minimum absolute atomic E-state index is 0.194. The van der Waals surface area contributed by atoms with Gasteiger partial charge in [0.1, 0.15) is 11.9 Å². The van der Waals surface area contributed by atoms with Gasteiger partial charge in [-0.1, -0.05) is 45.4 Å². The van der Waals surface area contributed by atoms with Crippen molar-refractivity contribution in [3.63, 3.8) is 0 Å². The molecule has 17 heavy (non-hydrogen) atoms. The fourth-order valence-electron chi connectivity index (χ4n) is 1.62. The number of nitrogens with one attached hydrogen (secondary N) is 1. The molecule has 1 amide bonds. The Morgan fingerprint density at radius 2 is 1.76 bits per heavy atom. The summed E-state index contributed by atoms with van der Waals surface area (Å²) in [5.74, 6) is -1.61. The zero-order valence-electron chi connectivity index (χ0n) is 10.4. The Morgan fingerprint density at radius 1 is 1.18 bits per heavy atom. The number of hydrogen-bond donors (Lipinski definition) is 2. The van der Waals surface area contributed by atoms with Gasteiger partial charge in [0.2, 0.25) is 5.91 Å². The van der Waals surface area contributed by atoms with Crippen molar-refractivity contribution in [3.05, 3.63) is 0 Å². The molecule has 5 heteroatoms. The average Bonchev–Trinajstić information content (AvgIpc) is 2.31. The first-order valence-corrected chi connectivity index (χ1v) is 6.73. The fraction of sp³-hybridized carbons (Fsp3) is 0.833. The van der Waals surface area contributed by atoms with Gasteiger partial charge in [-0.25, -0.2) is 4.79 Å². The first kappa shape index (κ1) is 16.2. The maximum atomic E-state index is 11.0. The van der Waals surface area contributed by atoms with E-state index in [0.29, 0.717) is 6.42 Å². The molecule has 0 saturated heterocycles. The van der Waals surface area contributed by atoms with Crippen LogP contribution < -0.4 is 5.32 Å². The summed E-state index contributed by atoms with van der Waals surface area (Å²) in [5, 5.41) is 11.3. The van der Waals surface area contributed by atoms with Gasteiger partial charge in [0.05, 0.1) is 0 Å². The molecule has 0 aromatic carbocycles. The van der Waals surface area contributed by atoms with E-state index in [-0.39, 0.29) is 5.88 Å². The van der Waals surface area contributed by atoms with Gasteiger partial charge in [0.25, 0.3) is 0 Å². The highest BCUT2D eigenvalue weighted by Gasteiger charge is 2.18. The summed E-state index contributed by atoms with van der Waals surface area (Å²) in [6.07, 6.45) is 7.06. The van der Waals surface area contributed by atoms with Crippen LogP contribution in [0.2, 0.25) is 0 Å². The van der Waals surface area contributed by atoms with Crippen molar-refractivity contribution < 1.29 is 14.7 Å². The summed E-state index contributed by atoms with van der Waals surface area (Å²) in [4.78, 5) is 21.9. The highest BCUT2D eigenvalue weighted by atomic mass is 35.5. The van der Waals surface area contributed by atoms with E-state index in [1.165, 1.54) is 19.3 Å². The lowest BCUT2D eigenvalue weighted by Crippen LogP contribution is -2.41. The molecule has 4 nitrogen and oxygen atoms in total. The molecule has 2 N–H and O–H groups in total. The molecule has 0 spiro atoms. The van der Waals surface area contributed by atoms with Gasteiger partial charge in [-0.2, -0.15) is 0 Å². The summed E-state index contributed by atoms with van der Waals surface area (Å²) < 4.78 is 0. The molecule has 0 aliphatic heterocycles. The highest BCUT2D eigenvalue weighted by Crippen LogP contribution is 2.08. The van der Waals surface area contributed by atoms with Crippen LogP contribution in [0, 0.1) is 0 Å². The SMILES string of the molecule is CCCCCCCCC(NC(=O)CCl)C(=O)O. The van der Waals surface area contributed by atoms with Gasteiger partial charge >= 0.3 is 5.97 Å². The number of carbonyl (C=O) groups is 2. The Morgan fingerprint density at radius 3 is 2.29 bits per heavy atom. The predicted octanol–water partition coefficient (Wildman–Crippen LogP) is 2.55. The Hall–Kier alpha value is -0.770. The summed E-state index contributed by atoms with van der Waals surface area (Å²) in [5.41, 5.74) is 0. The second kappa shape index (κ2) is 10.4. The molecule has 0 fully saturated rings. The number of alkyl halides is 1. The molecule has 0 aliphatic carbocycles. The quantitative estimate of drug-likeness (QED) is 0.470. The molecule has 100 valence electrons. The third-order valence-corrected chi connectivity index (χ3v) is 2.84. The van der Waals surface area contributed by atoms with E-state index in [9.17, 15) is 9.59 Å². The Labute approximate surface area is 108 Å². The third-order valence-electron chi connectivity index (χ3n) is 2.60. The van der Waals surface area contributed by atoms with Crippen molar-refractivity contribution in [2.24, 2.45) is 0 Å². The van der Waals surface area contributed by atoms with Gasteiger partial charge in [0, 0.05) is 0 Å². The molecule has 0 aromatic rings. The topological polar surface area (TPSA) is 66.4 Å². The molecule has 0 aromatic heterocycles. The van der Waals surface area contributed by atoms with Crippen molar-refractivity contribution in [3.8, 4) is 0 Å². The van der Waals surface area contributed by atoms with Crippen LogP contribution in [0.15, 0.2) is 0 Å². The van der Waals surface area contributed by atoms with Crippen LogP contribution >= 0.6 is 11.6 Å². The monoisotopic (exact) mass is 263 g/mol. The van der Waals surface area contributed by atoms with E-state index in [1.807, 2.05) is 0 Å². The summed E-state index contributed by atoms with van der Waals surface area (Å²) in [6.45, 7) is 2.15. The minimum Gasteiger partial charge on any atom is -0.480 e. The minimum atomic E-state index is -0.989. The number of amides is 1. The molecular formula is C12H22ClNO3. The molecule has 0 heterocycles. The lowest BCUT2D eigenvalue weighted by atomic mass is 10.1. The van der Waals surface area contributed by atoms with Gasteiger partial charge in [-0.05, 0) is 6.42 Å². The van der Waals surface area contributed by atoms with Crippen LogP contribution in [-0.2, 0) is 9.59 Å². The smallest absolute Gasteiger partial charge is 0.326 e. The lowest BCUT2D eigenvalue weighted by molar-refractivity contribution is -0.141. The lowest BCUT2D eigenvalue weighted by Gasteiger charge is -2.13. The maximum Gasteiger partial charge on any atom is 0.326 e. The number of hydrogen-bond acceptors (Lipinski definition) is 2. The zero-order chi connectivity index (χ0) is 13.1. The van der Waals surface area contributed by atoms with E-state index >= 15 is 0 Å². The van der Waals surface area contributed by atoms with Gasteiger partial charge in [0.15, 0.2) is 0 Å². The third kappa shape index (κ3) is 8.98. The Balaban J connectivity index is 3.71. The summed E-state index contributed by atoms with van der Waals surface area (Å²) >= 11 is 5.31. The van der Waals surface area contributed by atoms with Crippen LogP contribution in [0.4, 0.5) is 0 Å². The van der Waals surface area contributed by atoms with Crippen LogP contribution in [-0.4, -0.2) is 28.9 Å². The highest BCUT2D eigenvalue weighted by molar-refractivity contribution is 6.27. The predicted molar refractivity (Wildman–Crippen MR) is 68.3 cm³/mol. The number of carbonyl (C=O) groups excluding carboxylic acids is 1. The van der Waals surface area contributed by atoms with E-state index < -0.39 is 17.9 Å². The molecule has 0 saturated carbocycles. The molecule has 1 unspecified atom stereocenters. The molecule has 0 bridgehead atoms. The van der Waals surface area contributed by atoms with Crippen molar-refractivity contribution in [2.75, 3.05) is 5.88 Å². The van der Waals surface area contributed by atoms with Crippen LogP contribution in [0.25, 0.3) is 0 Å². The van der Waals surface area contributed by atoms with Crippen molar-refractivity contribution >= 4 is 23.5 Å². The number of carboxylic acids is 1. The number of rotatable bonds is 10. The Bertz CT molecular complexity index is 234. The summed E-state index contributed by atoms with van der Waals surface area (Å²) in [7, 11) is 0. The first-order valence-electron chi connectivity index (χ1n) is 6.20. The van der Waals surface area contributed by atoms with Gasteiger partial charge < -0.3 is 10.4 Å². The standard InChI is InChI=1S/C12H22ClNO3/c1-2-3-4-5-6-7-8-10(12(16)17)14-11(15)9-13/h10H,2-9H2,1H3,(H,14,15)(H,16,17). The maximum absolute atomic E-state index is 11.0. The molecular weight excluding hydrogens is 242 g/mol. The van der Waals surface area contributed by atoms with Crippen molar-refractivity contribution in [1.29, 1.82) is 0 Å². The van der Waals surface area contributed by atoms with Gasteiger partial charge in [-0.3, -0.25) is 4.79 Å². The largest absolute Gasteiger partial charge is 0.480 e. The normalized spacial score (nSPS) is 12.1. The number of aliphatic carboxylic acids is 1. The molecule has 0 radical (unpaired) electrons. The number of unbranched alkanes of at least 4 members (excludes halogenated alkanes) is 5. The molecule has 1 atom stereocenters. The van der Waals surface area contributed by atoms with E-state index in [4.69, 9.17) is 16.7 Å². The first-order chi connectivity index (χ1) is 8.11. The van der Waals surface area contributed by atoms with Crippen LogP contribution in [0.1, 0.15) is 51.9 Å². The molecule has 0 aliphatic rings. The summed E-state index contributed by atoms with van der Waals surface area (Å²) in [6, 6.07) is -0.799.